The number of rotatable bonds is 6. The third kappa shape index (κ3) is 7.70. The van der Waals surface area contributed by atoms with E-state index in [2.05, 4.69) is 98.7 Å². The van der Waals surface area contributed by atoms with Crippen LogP contribution >= 0.6 is 0 Å². The summed E-state index contributed by atoms with van der Waals surface area (Å²) in [5, 5.41) is 1.40. The third-order valence-corrected chi connectivity index (χ3v) is 12.6. The molecule has 0 unspecified atom stereocenters. The van der Waals surface area contributed by atoms with Gasteiger partial charge in [-0.2, -0.15) is 12.1 Å². The second kappa shape index (κ2) is 16.4. The molecule has 0 amide bonds. The molecule has 0 aliphatic carbocycles. The molecule has 7 heteroatoms. The normalized spacial score (nSPS) is 15.5. The molecule has 0 saturated heterocycles. The van der Waals surface area contributed by atoms with Crippen LogP contribution in [0, 0.1) is 19.0 Å². The second-order valence-corrected chi connectivity index (χ2v) is 20.3. The van der Waals surface area contributed by atoms with Crippen molar-refractivity contribution in [1.82, 2.24) is 23.3 Å². The Morgan fingerprint density at radius 3 is 1.94 bits per heavy atom. The summed E-state index contributed by atoms with van der Waals surface area (Å²) in [6.45, 7) is 16.9. The van der Waals surface area contributed by atoms with Crippen LogP contribution in [-0.4, -0.2) is 20.1 Å². The van der Waals surface area contributed by atoms with Crippen molar-refractivity contribution in [3.8, 4) is 23.0 Å². The van der Waals surface area contributed by atoms with Gasteiger partial charge in [0.15, 0.2) is 0 Å². The molecule has 10 aromatic rings. The van der Waals surface area contributed by atoms with Crippen LogP contribution in [0.5, 0.6) is 11.5 Å². The van der Waals surface area contributed by atoms with E-state index in [0.29, 0.717) is 56.5 Å². The molecule has 3 aromatic heterocycles. The van der Waals surface area contributed by atoms with E-state index in [1.54, 1.807) is 36.5 Å². The van der Waals surface area contributed by atoms with Gasteiger partial charge in [-0.3, -0.25) is 0 Å². The third-order valence-electron chi connectivity index (χ3n) is 12.6. The summed E-state index contributed by atoms with van der Waals surface area (Å²) < 4.78 is 110. The SMILES string of the molecule is [2H]c1c([2H])c([2H])c2c(c1[2H])c1c([2H])c([2H])c([2H])c([2H])c1n2-c1ccc2c(c1)c1ccc(Oc3[c-]c([N+]4=C=[N+](c5cc(C(C)(C)C)cc(C(C)(C)C)c5)c5c4cccc5C([2H])([2H])[2H])ccc3)[c-]c1n2-c1cc(C(C)(C)C)ccn1.[Pt+2]. The number of pyridine rings is 1. The number of benzene rings is 7. The molecule has 11 rings (SSSR count). The molecule has 6 nitrogen and oxygen atoms in total. The van der Waals surface area contributed by atoms with Crippen molar-refractivity contribution in [2.45, 2.75) is 85.4 Å². The summed E-state index contributed by atoms with van der Waals surface area (Å²) in [4.78, 5) is 4.87. The Kier molecular flexibility index (Phi) is 8.13. The number of fused-ring (bicyclic) bond motifs is 7. The fourth-order valence-corrected chi connectivity index (χ4v) is 8.91. The van der Waals surface area contributed by atoms with E-state index < -0.39 is 43.1 Å². The zero-order chi connectivity index (χ0) is 56.0. The molecule has 7 aromatic carbocycles. The molecular weight excluding hydrogens is 1010 g/mol. The first-order chi connectivity index (χ1) is 36.5. The number of hydrogen-bond donors (Lipinski definition) is 0. The number of aryl methyl sites for hydroxylation is 1. The first-order valence-electron chi connectivity index (χ1n) is 27.9. The maximum absolute atomic E-state index is 9.12. The van der Waals surface area contributed by atoms with Crippen LogP contribution < -0.4 is 13.9 Å². The molecule has 0 N–H and O–H groups in total. The first kappa shape index (κ1) is 33.6. The molecule has 338 valence electrons. The van der Waals surface area contributed by atoms with Crippen molar-refractivity contribution in [2.75, 3.05) is 0 Å². The Morgan fingerprint density at radius 2 is 1.26 bits per heavy atom. The molecule has 0 saturated carbocycles. The van der Waals surface area contributed by atoms with Crippen molar-refractivity contribution in [1.29, 1.82) is 0 Å². The minimum absolute atomic E-state index is 0. The maximum Gasteiger partial charge on any atom is 2.00 e. The topological polar surface area (TPSA) is 38.0 Å². The number of nitrogens with zero attached hydrogens (tertiary/aromatic N) is 5. The standard InChI is InChI=1S/C61H55N5O.Pt/c1-39-17-15-24-55-58(39)64(45-32-41(60(5,6)7)31-42(33-45)61(8,9)10)38-63(55)43-18-16-19-46(35-43)67-47-26-27-50-51-36-44(65-52-22-13-11-20-48(52)49-21-12-14-23-53(49)65)25-28-54(51)66(56(50)37-47)57-34-40(29-30-62-57)59(2,3)4;/h11-34,36H,1-10H3;/q;+2/i1D3,11D,12D,13D,14D,20D,21D,22D,23D;. The smallest absolute Gasteiger partial charge is 0.509 e. The van der Waals surface area contributed by atoms with Gasteiger partial charge in [-0.15, -0.1) is 23.6 Å². The number of aromatic nitrogens is 3. The van der Waals surface area contributed by atoms with Crippen LogP contribution in [0.1, 0.15) is 99.6 Å². The molecule has 0 atom stereocenters. The van der Waals surface area contributed by atoms with Crippen molar-refractivity contribution < 1.29 is 40.9 Å². The summed E-state index contributed by atoms with van der Waals surface area (Å²) in [6, 6.07) is 37.2. The average molecular weight is 1080 g/mol. The predicted molar refractivity (Wildman–Crippen MR) is 279 cm³/mol. The van der Waals surface area contributed by atoms with E-state index in [0.717, 1.165) is 27.8 Å². The van der Waals surface area contributed by atoms with Gasteiger partial charge in [0.05, 0.1) is 22.0 Å². The number of hydrogen-bond acceptors (Lipinski definition) is 2. The Morgan fingerprint density at radius 1 is 0.603 bits per heavy atom. The number of para-hydroxylation sites is 3. The van der Waals surface area contributed by atoms with E-state index in [1.807, 2.05) is 62.2 Å². The van der Waals surface area contributed by atoms with Gasteiger partial charge in [-0.1, -0.05) is 139 Å². The van der Waals surface area contributed by atoms with Gasteiger partial charge in [0, 0.05) is 67.5 Å². The van der Waals surface area contributed by atoms with Crippen LogP contribution in [-0.2, 0) is 37.3 Å². The van der Waals surface area contributed by atoms with Gasteiger partial charge < -0.3 is 13.9 Å². The molecule has 0 radical (unpaired) electrons. The van der Waals surface area contributed by atoms with Gasteiger partial charge in [0.1, 0.15) is 11.5 Å². The summed E-state index contributed by atoms with van der Waals surface area (Å²) in [5.74, 6) is 1.29. The molecule has 68 heavy (non-hydrogen) atoms. The van der Waals surface area contributed by atoms with Crippen molar-refractivity contribution in [2.24, 2.45) is 0 Å². The summed E-state index contributed by atoms with van der Waals surface area (Å²) in [5.41, 5.74) is 6.96. The minimum atomic E-state index is -2.44. The van der Waals surface area contributed by atoms with Gasteiger partial charge >= 0.3 is 32.8 Å². The molecule has 0 spiro atoms. The van der Waals surface area contributed by atoms with Crippen LogP contribution in [0.25, 0.3) is 55.1 Å². The first-order valence-corrected chi connectivity index (χ1v) is 22.4. The van der Waals surface area contributed by atoms with E-state index >= 15 is 0 Å². The Balaban J connectivity index is 0.00000704. The summed E-state index contributed by atoms with van der Waals surface area (Å²) >= 11 is 0. The van der Waals surface area contributed by atoms with Crippen LogP contribution in [0.3, 0.4) is 0 Å². The quantitative estimate of drug-likeness (QED) is 0.123. The minimum Gasteiger partial charge on any atom is -0.509 e. The fourth-order valence-electron chi connectivity index (χ4n) is 8.91. The number of ether oxygens (including phenoxy) is 1. The predicted octanol–water partition coefficient (Wildman–Crippen LogP) is 15.7. The Labute approximate surface area is 429 Å². The van der Waals surface area contributed by atoms with Crippen molar-refractivity contribution in [3.05, 3.63) is 186 Å². The molecule has 0 fully saturated rings. The maximum atomic E-state index is 9.12. The zero-order valence-corrected chi connectivity index (χ0v) is 41.5. The van der Waals surface area contributed by atoms with E-state index in [4.69, 9.17) is 24.8 Å². The fraction of sp³-hybridized carbons (Fsp3) is 0.213. The molecule has 4 heterocycles. The molecule has 1 aliphatic rings. The van der Waals surface area contributed by atoms with E-state index in [1.165, 1.54) is 4.57 Å². The van der Waals surface area contributed by atoms with Crippen LogP contribution in [0.15, 0.2) is 152 Å². The van der Waals surface area contributed by atoms with E-state index in [9.17, 15) is 0 Å². The van der Waals surface area contributed by atoms with Gasteiger partial charge in [0.25, 0.3) is 5.69 Å². The zero-order valence-electron chi connectivity index (χ0n) is 50.3. The van der Waals surface area contributed by atoms with Gasteiger partial charge in [-0.25, -0.2) is 4.98 Å². The average Bonchev–Trinajstić information content (AvgIpc) is 4.24. The van der Waals surface area contributed by atoms with Crippen molar-refractivity contribution >= 4 is 72.4 Å². The van der Waals surface area contributed by atoms with Crippen LogP contribution in [0.2, 0.25) is 0 Å². The largest absolute Gasteiger partial charge is 2.00 e. The molecule has 0 bridgehead atoms. The van der Waals surface area contributed by atoms with Gasteiger partial charge in [-0.05, 0) is 92.2 Å². The van der Waals surface area contributed by atoms with Crippen LogP contribution in [0.4, 0.5) is 22.7 Å². The molecular formula is C61H55N5OPt+2. The molecule has 1 aliphatic heterocycles. The van der Waals surface area contributed by atoms with Gasteiger partial charge in [0.2, 0.25) is 5.69 Å². The van der Waals surface area contributed by atoms with Crippen molar-refractivity contribution in [3.63, 3.8) is 0 Å². The summed E-state index contributed by atoms with van der Waals surface area (Å²) in [6.07, 6.45) is 1.76. The Hall–Kier alpha value is -6.84. The van der Waals surface area contributed by atoms with E-state index in [-0.39, 0.29) is 76.8 Å². The second-order valence-electron chi connectivity index (χ2n) is 20.3. The Bertz CT molecular complexity index is 4210. The monoisotopic (exact) mass is 1080 g/mol. The summed E-state index contributed by atoms with van der Waals surface area (Å²) in [7, 11) is 0.